The van der Waals surface area contributed by atoms with E-state index in [0.717, 1.165) is 41.9 Å². The van der Waals surface area contributed by atoms with Crippen molar-refractivity contribution in [3.8, 4) is 0 Å². The maximum Gasteiger partial charge on any atom is 0.191 e. The maximum atomic E-state index is 13.4. The number of aryl methyl sites for hydroxylation is 4. The number of rotatable bonds is 6. The first-order chi connectivity index (χ1) is 13.0. The molecule has 0 fully saturated rings. The Morgan fingerprint density at radius 1 is 1.21 bits per heavy atom. The lowest BCUT2D eigenvalue weighted by atomic mass is 10.1. The third-order valence-electron chi connectivity index (χ3n) is 4.58. The molecule has 0 aliphatic carbocycles. The molecule has 0 unspecified atom stereocenters. The standard InChI is InChI=1S/C20H26FN5O.HI/c1-13-10-14(2)26(25-13)9-5-8-23-20(22-4)24-12-19-15(3)17-11-16(21)6-7-18(17)27-19;/h6-7,10-11H,5,8-9,12H2,1-4H3,(H2,22,23,24);1H. The van der Waals surface area contributed by atoms with Crippen LogP contribution in [0.3, 0.4) is 0 Å². The van der Waals surface area contributed by atoms with Crippen LogP contribution in [0.15, 0.2) is 33.7 Å². The number of nitrogens with zero attached hydrogens (tertiary/aromatic N) is 3. The molecular formula is C20H27FIN5O. The van der Waals surface area contributed by atoms with E-state index in [4.69, 9.17) is 4.42 Å². The van der Waals surface area contributed by atoms with E-state index in [-0.39, 0.29) is 29.8 Å². The van der Waals surface area contributed by atoms with E-state index in [2.05, 4.69) is 33.7 Å². The lowest BCUT2D eigenvalue weighted by Gasteiger charge is -2.11. The van der Waals surface area contributed by atoms with Crippen molar-refractivity contribution in [1.29, 1.82) is 0 Å². The number of halogens is 2. The van der Waals surface area contributed by atoms with E-state index >= 15 is 0 Å². The van der Waals surface area contributed by atoms with Crippen LogP contribution >= 0.6 is 24.0 Å². The van der Waals surface area contributed by atoms with Gasteiger partial charge in [-0.3, -0.25) is 9.67 Å². The molecule has 6 nitrogen and oxygen atoms in total. The minimum atomic E-state index is -0.258. The lowest BCUT2D eigenvalue weighted by molar-refractivity contribution is 0.530. The summed E-state index contributed by atoms with van der Waals surface area (Å²) in [5.74, 6) is 1.22. The average molecular weight is 499 g/mol. The molecule has 0 atom stereocenters. The van der Waals surface area contributed by atoms with Gasteiger partial charge in [-0.15, -0.1) is 24.0 Å². The van der Waals surface area contributed by atoms with Gasteiger partial charge in [0.2, 0.25) is 0 Å². The van der Waals surface area contributed by atoms with Crippen molar-refractivity contribution < 1.29 is 8.81 Å². The number of aromatic nitrogens is 2. The van der Waals surface area contributed by atoms with Crippen LogP contribution in [0.2, 0.25) is 0 Å². The second-order valence-corrected chi connectivity index (χ2v) is 6.65. The number of fused-ring (bicyclic) bond motifs is 1. The van der Waals surface area contributed by atoms with Gasteiger partial charge >= 0.3 is 0 Å². The first-order valence-corrected chi connectivity index (χ1v) is 9.11. The molecule has 0 saturated carbocycles. The molecule has 0 radical (unpaired) electrons. The van der Waals surface area contributed by atoms with Crippen molar-refractivity contribution in [3.05, 3.63) is 52.8 Å². The Kier molecular flexibility index (Phi) is 7.85. The topological polar surface area (TPSA) is 67.4 Å². The number of nitrogens with one attached hydrogen (secondary N) is 2. The largest absolute Gasteiger partial charge is 0.459 e. The van der Waals surface area contributed by atoms with E-state index in [1.165, 1.54) is 17.8 Å². The van der Waals surface area contributed by atoms with Gasteiger partial charge < -0.3 is 15.1 Å². The fourth-order valence-electron chi connectivity index (χ4n) is 3.13. The number of aliphatic imine (C=N–C) groups is 1. The second-order valence-electron chi connectivity index (χ2n) is 6.65. The lowest BCUT2D eigenvalue weighted by Crippen LogP contribution is -2.37. The van der Waals surface area contributed by atoms with Crippen molar-refractivity contribution in [2.75, 3.05) is 13.6 Å². The van der Waals surface area contributed by atoms with Crippen LogP contribution in [0.25, 0.3) is 11.0 Å². The fraction of sp³-hybridized carbons (Fsp3) is 0.400. The molecule has 0 spiro atoms. The van der Waals surface area contributed by atoms with E-state index in [9.17, 15) is 4.39 Å². The number of benzene rings is 1. The second kappa shape index (κ2) is 9.90. The van der Waals surface area contributed by atoms with Crippen LogP contribution in [0.1, 0.15) is 29.1 Å². The zero-order valence-corrected chi connectivity index (χ0v) is 19.0. The minimum Gasteiger partial charge on any atom is -0.459 e. The summed E-state index contributed by atoms with van der Waals surface area (Å²) in [5, 5.41) is 11.8. The summed E-state index contributed by atoms with van der Waals surface area (Å²) < 4.78 is 21.3. The molecule has 2 N–H and O–H groups in total. The van der Waals surface area contributed by atoms with Gasteiger partial charge in [-0.2, -0.15) is 5.10 Å². The summed E-state index contributed by atoms with van der Waals surface area (Å²) in [7, 11) is 1.73. The highest BCUT2D eigenvalue weighted by Crippen LogP contribution is 2.25. The first kappa shape index (κ1) is 22.2. The summed E-state index contributed by atoms with van der Waals surface area (Å²) in [6.07, 6.45) is 0.936. The molecule has 0 amide bonds. The molecule has 0 aliphatic heterocycles. The van der Waals surface area contributed by atoms with Crippen LogP contribution in [-0.2, 0) is 13.1 Å². The average Bonchev–Trinajstić information content (AvgIpc) is 3.13. The van der Waals surface area contributed by atoms with E-state index in [1.54, 1.807) is 13.1 Å². The summed E-state index contributed by atoms with van der Waals surface area (Å²) >= 11 is 0. The Morgan fingerprint density at radius 2 is 2.00 bits per heavy atom. The van der Waals surface area contributed by atoms with E-state index in [1.807, 2.05) is 18.5 Å². The molecule has 28 heavy (non-hydrogen) atoms. The van der Waals surface area contributed by atoms with Crippen molar-refractivity contribution in [2.24, 2.45) is 4.99 Å². The number of hydrogen-bond donors (Lipinski definition) is 2. The zero-order chi connectivity index (χ0) is 19.4. The predicted octanol–water partition coefficient (Wildman–Crippen LogP) is 4.07. The number of guanidine groups is 1. The van der Waals surface area contributed by atoms with Crippen LogP contribution in [-0.4, -0.2) is 29.3 Å². The fourth-order valence-corrected chi connectivity index (χ4v) is 3.13. The molecule has 0 aliphatic rings. The Morgan fingerprint density at radius 3 is 2.68 bits per heavy atom. The van der Waals surface area contributed by atoms with Crippen molar-refractivity contribution in [2.45, 2.75) is 40.3 Å². The highest BCUT2D eigenvalue weighted by molar-refractivity contribution is 14.0. The molecule has 0 bridgehead atoms. The quantitative estimate of drug-likeness (QED) is 0.232. The summed E-state index contributed by atoms with van der Waals surface area (Å²) in [6, 6.07) is 6.65. The van der Waals surface area contributed by atoms with Gasteiger partial charge in [-0.25, -0.2) is 4.39 Å². The van der Waals surface area contributed by atoms with Crippen molar-refractivity contribution in [1.82, 2.24) is 20.4 Å². The van der Waals surface area contributed by atoms with Gasteiger partial charge in [0.1, 0.15) is 17.2 Å². The number of hydrogen-bond acceptors (Lipinski definition) is 3. The third-order valence-corrected chi connectivity index (χ3v) is 4.58. The van der Waals surface area contributed by atoms with Gasteiger partial charge in [-0.1, -0.05) is 0 Å². The zero-order valence-electron chi connectivity index (χ0n) is 16.7. The van der Waals surface area contributed by atoms with Crippen LogP contribution in [0.4, 0.5) is 4.39 Å². The predicted molar refractivity (Wildman–Crippen MR) is 121 cm³/mol. The first-order valence-electron chi connectivity index (χ1n) is 9.11. The highest BCUT2D eigenvalue weighted by Gasteiger charge is 2.11. The SMILES string of the molecule is CN=C(NCCCn1nc(C)cc1C)NCc1oc2ccc(F)cc2c1C.I. The monoisotopic (exact) mass is 499 g/mol. The molecule has 8 heteroatoms. The summed E-state index contributed by atoms with van der Waals surface area (Å²) in [4.78, 5) is 4.24. The van der Waals surface area contributed by atoms with Crippen LogP contribution in [0, 0.1) is 26.6 Å². The summed E-state index contributed by atoms with van der Waals surface area (Å²) in [5.41, 5.74) is 3.85. The van der Waals surface area contributed by atoms with Gasteiger partial charge in [0, 0.05) is 36.8 Å². The van der Waals surface area contributed by atoms with Crippen LogP contribution in [0.5, 0.6) is 0 Å². The smallest absolute Gasteiger partial charge is 0.191 e. The molecular weight excluding hydrogens is 472 g/mol. The van der Waals surface area contributed by atoms with Gasteiger partial charge in [-0.05, 0) is 51.5 Å². The highest BCUT2D eigenvalue weighted by atomic mass is 127. The maximum absolute atomic E-state index is 13.4. The molecule has 3 aromatic rings. The van der Waals surface area contributed by atoms with Crippen molar-refractivity contribution >= 4 is 40.9 Å². The Labute approximate surface area is 181 Å². The number of furan rings is 1. The molecule has 1 aromatic carbocycles. The normalized spacial score (nSPS) is 11.5. The molecule has 2 heterocycles. The van der Waals surface area contributed by atoms with E-state index < -0.39 is 0 Å². The van der Waals surface area contributed by atoms with Gasteiger partial charge in [0.25, 0.3) is 0 Å². The van der Waals surface area contributed by atoms with Crippen molar-refractivity contribution in [3.63, 3.8) is 0 Å². The summed E-state index contributed by atoms with van der Waals surface area (Å²) in [6.45, 7) is 8.13. The Hall–Kier alpha value is -2.10. The minimum absolute atomic E-state index is 0. The third kappa shape index (κ3) is 5.24. The van der Waals surface area contributed by atoms with Gasteiger partial charge in [0.05, 0.1) is 12.2 Å². The molecule has 2 aromatic heterocycles. The van der Waals surface area contributed by atoms with E-state index in [0.29, 0.717) is 18.1 Å². The molecule has 3 rings (SSSR count). The Bertz CT molecular complexity index is 963. The Balaban J connectivity index is 0.00000280. The van der Waals surface area contributed by atoms with Crippen LogP contribution < -0.4 is 10.6 Å². The van der Waals surface area contributed by atoms with Gasteiger partial charge in [0.15, 0.2) is 5.96 Å². The molecule has 0 saturated heterocycles. The molecule has 152 valence electrons.